The number of para-hydroxylation sites is 2. The van der Waals surface area contributed by atoms with Gasteiger partial charge in [-0.15, -0.1) is 0 Å². The fourth-order valence-corrected chi connectivity index (χ4v) is 5.48. The molecule has 5 rings (SSSR count). The van der Waals surface area contributed by atoms with E-state index < -0.39 is 17.4 Å². The summed E-state index contributed by atoms with van der Waals surface area (Å²) in [5, 5.41) is 6.35. The standard InChI is InChI=1S/C24H25N3O4/c1-13(2)20-18-19(24(26-20)15-9-5-6-10-16(15)25-23(24)30)22(29)27(21(18)28)12-14-8-4-7-11-17(14)31-3/h4-11,13,18-20,26H,12H2,1-3H3,(H,25,30)/t18-,19+,20-,24-/m1/s1. The van der Waals surface area contributed by atoms with Crippen LogP contribution in [-0.4, -0.2) is 35.8 Å². The second-order valence-electron chi connectivity index (χ2n) is 8.80. The van der Waals surface area contributed by atoms with Gasteiger partial charge >= 0.3 is 0 Å². The Morgan fingerprint density at radius 3 is 2.48 bits per heavy atom. The fraction of sp³-hybridized carbons (Fsp3) is 0.375. The summed E-state index contributed by atoms with van der Waals surface area (Å²) in [5.74, 6) is -1.52. The highest BCUT2D eigenvalue weighted by Crippen LogP contribution is 2.54. The third-order valence-corrected chi connectivity index (χ3v) is 6.89. The fourth-order valence-electron chi connectivity index (χ4n) is 5.48. The maximum absolute atomic E-state index is 13.7. The van der Waals surface area contributed by atoms with Crippen LogP contribution in [0.3, 0.4) is 0 Å². The largest absolute Gasteiger partial charge is 0.496 e. The highest BCUT2D eigenvalue weighted by Gasteiger charge is 2.70. The van der Waals surface area contributed by atoms with E-state index in [-0.39, 0.29) is 36.2 Å². The second-order valence-corrected chi connectivity index (χ2v) is 8.80. The number of benzene rings is 2. The molecule has 3 heterocycles. The van der Waals surface area contributed by atoms with Crippen molar-refractivity contribution in [2.75, 3.05) is 12.4 Å². The molecule has 2 fully saturated rings. The van der Waals surface area contributed by atoms with Crippen molar-refractivity contribution in [1.82, 2.24) is 10.2 Å². The van der Waals surface area contributed by atoms with Crippen molar-refractivity contribution in [3.63, 3.8) is 0 Å². The van der Waals surface area contributed by atoms with Crippen molar-refractivity contribution in [3.8, 4) is 5.75 Å². The van der Waals surface area contributed by atoms with E-state index >= 15 is 0 Å². The zero-order valence-corrected chi connectivity index (χ0v) is 17.7. The Balaban J connectivity index is 1.60. The summed E-state index contributed by atoms with van der Waals surface area (Å²) in [6.07, 6.45) is 0. The van der Waals surface area contributed by atoms with Crippen LogP contribution in [0, 0.1) is 17.8 Å². The Kier molecular flexibility index (Phi) is 4.41. The number of nitrogens with zero attached hydrogens (tertiary/aromatic N) is 1. The lowest BCUT2D eigenvalue weighted by molar-refractivity contribution is -0.143. The molecule has 0 saturated carbocycles. The number of likely N-dealkylation sites (tertiary alicyclic amines) is 1. The maximum Gasteiger partial charge on any atom is 0.250 e. The van der Waals surface area contributed by atoms with Crippen molar-refractivity contribution in [1.29, 1.82) is 0 Å². The van der Waals surface area contributed by atoms with Gasteiger partial charge in [0.25, 0.3) is 0 Å². The van der Waals surface area contributed by atoms with E-state index in [4.69, 9.17) is 4.74 Å². The Morgan fingerprint density at radius 2 is 1.74 bits per heavy atom. The third kappa shape index (κ3) is 2.59. The number of fused-ring (bicyclic) bond motifs is 4. The van der Waals surface area contributed by atoms with Crippen molar-refractivity contribution in [2.45, 2.75) is 32.0 Å². The van der Waals surface area contributed by atoms with Gasteiger partial charge in [0.2, 0.25) is 17.7 Å². The number of hydrogen-bond acceptors (Lipinski definition) is 5. The van der Waals surface area contributed by atoms with Crippen LogP contribution in [0.1, 0.15) is 25.0 Å². The summed E-state index contributed by atoms with van der Waals surface area (Å²) in [6, 6.07) is 14.5. The van der Waals surface area contributed by atoms with Crippen LogP contribution in [0.25, 0.3) is 0 Å². The summed E-state index contributed by atoms with van der Waals surface area (Å²) in [6.45, 7) is 4.14. The van der Waals surface area contributed by atoms with Crippen LogP contribution in [-0.2, 0) is 26.5 Å². The Labute approximate surface area is 180 Å². The monoisotopic (exact) mass is 419 g/mol. The number of amides is 3. The lowest BCUT2D eigenvalue weighted by atomic mass is 9.76. The maximum atomic E-state index is 13.7. The van der Waals surface area contributed by atoms with Gasteiger partial charge < -0.3 is 10.1 Å². The van der Waals surface area contributed by atoms with E-state index in [9.17, 15) is 14.4 Å². The predicted octanol–water partition coefficient (Wildman–Crippen LogP) is 2.27. The van der Waals surface area contributed by atoms with Crippen molar-refractivity contribution < 1.29 is 19.1 Å². The minimum absolute atomic E-state index is 0.0652. The predicted molar refractivity (Wildman–Crippen MR) is 114 cm³/mol. The molecule has 0 unspecified atom stereocenters. The first-order valence-electron chi connectivity index (χ1n) is 10.6. The van der Waals surface area contributed by atoms with Gasteiger partial charge in [0.05, 0.1) is 25.5 Å². The molecule has 31 heavy (non-hydrogen) atoms. The summed E-state index contributed by atoms with van der Waals surface area (Å²) >= 11 is 0. The molecule has 4 atom stereocenters. The lowest BCUT2D eigenvalue weighted by Crippen LogP contribution is -2.53. The summed E-state index contributed by atoms with van der Waals surface area (Å²) in [5.41, 5.74) is 0.939. The first-order valence-corrected chi connectivity index (χ1v) is 10.6. The van der Waals surface area contributed by atoms with E-state index in [1.54, 1.807) is 7.11 Å². The van der Waals surface area contributed by atoms with Gasteiger partial charge in [-0.2, -0.15) is 0 Å². The summed E-state index contributed by atoms with van der Waals surface area (Å²) in [7, 11) is 1.56. The van der Waals surface area contributed by atoms with Crippen molar-refractivity contribution in [2.24, 2.45) is 17.8 Å². The number of imide groups is 1. The molecule has 2 N–H and O–H groups in total. The number of methoxy groups -OCH3 is 1. The molecule has 3 aliphatic rings. The minimum Gasteiger partial charge on any atom is -0.496 e. The summed E-state index contributed by atoms with van der Waals surface area (Å²) in [4.78, 5) is 41.9. The van der Waals surface area contributed by atoms with Crippen molar-refractivity contribution in [3.05, 3.63) is 59.7 Å². The number of anilines is 1. The van der Waals surface area contributed by atoms with Gasteiger partial charge in [-0.3, -0.25) is 24.6 Å². The van der Waals surface area contributed by atoms with Crippen LogP contribution in [0.15, 0.2) is 48.5 Å². The molecular formula is C24H25N3O4. The molecule has 0 aliphatic carbocycles. The Bertz CT molecular complexity index is 1100. The third-order valence-electron chi connectivity index (χ3n) is 6.89. The number of hydrogen-bond donors (Lipinski definition) is 2. The topological polar surface area (TPSA) is 87.7 Å². The Hall–Kier alpha value is -3.19. The number of carbonyl (C=O) groups excluding carboxylic acids is 3. The van der Waals surface area contributed by atoms with E-state index in [1.165, 1.54) is 4.90 Å². The van der Waals surface area contributed by atoms with Gasteiger partial charge in [-0.25, -0.2) is 0 Å². The second kappa shape index (κ2) is 6.92. The molecule has 3 aliphatic heterocycles. The normalized spacial score (nSPS) is 29.0. The highest BCUT2D eigenvalue weighted by atomic mass is 16.5. The van der Waals surface area contributed by atoms with Crippen LogP contribution < -0.4 is 15.4 Å². The smallest absolute Gasteiger partial charge is 0.250 e. The lowest BCUT2D eigenvalue weighted by Gasteiger charge is -2.30. The van der Waals surface area contributed by atoms with Gasteiger partial charge in [-0.05, 0) is 18.1 Å². The number of nitrogens with one attached hydrogen (secondary N) is 2. The van der Waals surface area contributed by atoms with E-state index in [1.807, 2.05) is 62.4 Å². The quantitative estimate of drug-likeness (QED) is 0.743. The molecule has 0 bridgehead atoms. The van der Waals surface area contributed by atoms with Crippen molar-refractivity contribution >= 4 is 23.4 Å². The average molecular weight is 419 g/mol. The average Bonchev–Trinajstić information content (AvgIpc) is 3.35. The zero-order valence-electron chi connectivity index (χ0n) is 17.7. The molecule has 3 amide bonds. The first kappa shape index (κ1) is 19.8. The van der Waals surface area contributed by atoms with Crippen LogP contribution >= 0.6 is 0 Å². The molecular weight excluding hydrogens is 394 g/mol. The molecule has 0 aromatic heterocycles. The van der Waals surface area contributed by atoms with Crippen LogP contribution in [0.4, 0.5) is 5.69 Å². The van der Waals surface area contributed by atoms with E-state index in [2.05, 4.69) is 10.6 Å². The highest BCUT2D eigenvalue weighted by molar-refractivity contribution is 6.15. The van der Waals surface area contributed by atoms with Gasteiger partial charge in [0, 0.05) is 22.9 Å². The molecule has 2 saturated heterocycles. The first-order chi connectivity index (χ1) is 14.9. The molecule has 2 aromatic rings. The van der Waals surface area contributed by atoms with E-state index in [0.717, 1.165) is 11.1 Å². The molecule has 2 aromatic carbocycles. The number of carbonyl (C=O) groups is 3. The SMILES string of the molecule is COc1ccccc1CN1C(=O)[C@H]2[C@@H](C(C)C)N[C@@]3(C(=O)Nc4ccccc43)[C@@H]2C1=O. The number of rotatable bonds is 4. The minimum atomic E-state index is -1.24. The summed E-state index contributed by atoms with van der Waals surface area (Å²) < 4.78 is 5.41. The van der Waals surface area contributed by atoms with Crippen LogP contribution in [0.2, 0.25) is 0 Å². The van der Waals surface area contributed by atoms with Gasteiger partial charge in [-0.1, -0.05) is 50.2 Å². The van der Waals surface area contributed by atoms with Crippen LogP contribution in [0.5, 0.6) is 5.75 Å². The molecule has 7 nitrogen and oxygen atoms in total. The van der Waals surface area contributed by atoms with Gasteiger partial charge in [0.1, 0.15) is 11.3 Å². The molecule has 160 valence electrons. The zero-order chi connectivity index (χ0) is 21.9. The molecule has 7 heteroatoms. The molecule has 1 spiro atoms. The Morgan fingerprint density at radius 1 is 1.03 bits per heavy atom. The van der Waals surface area contributed by atoms with Gasteiger partial charge in [0.15, 0.2) is 0 Å². The van der Waals surface area contributed by atoms with E-state index in [0.29, 0.717) is 11.4 Å². The number of ether oxygens (including phenoxy) is 1. The molecule has 0 radical (unpaired) electrons.